The van der Waals surface area contributed by atoms with Crippen LogP contribution in [0.25, 0.3) is 0 Å². The molecule has 1 atom stereocenters. The van der Waals surface area contributed by atoms with E-state index in [4.69, 9.17) is 5.11 Å². The monoisotopic (exact) mass is 272 g/mol. The number of phenols is 1. The number of rotatable bonds is 3. The molecule has 1 aromatic rings. The van der Waals surface area contributed by atoms with Crippen LogP contribution in [0.3, 0.4) is 0 Å². The molecule has 80 valence electrons. The van der Waals surface area contributed by atoms with Crippen LogP contribution >= 0.6 is 15.9 Å². The summed E-state index contributed by atoms with van der Waals surface area (Å²) in [4.78, 5) is 21.3. The molecule has 4 nitrogen and oxygen atoms in total. The van der Waals surface area contributed by atoms with Crippen molar-refractivity contribution < 1.29 is 19.8 Å². The van der Waals surface area contributed by atoms with Crippen LogP contribution in [-0.2, 0) is 4.79 Å². The first kappa shape index (κ1) is 11.7. The van der Waals surface area contributed by atoms with Crippen LogP contribution in [0.1, 0.15) is 27.7 Å². The van der Waals surface area contributed by atoms with E-state index in [1.54, 1.807) is 0 Å². The second-order valence-electron chi connectivity index (χ2n) is 3.02. The molecule has 0 amide bonds. The Morgan fingerprint density at radius 1 is 1.40 bits per heavy atom. The molecule has 1 aromatic carbocycles. The van der Waals surface area contributed by atoms with E-state index >= 15 is 0 Å². The third-order valence-electron chi connectivity index (χ3n) is 1.92. The Labute approximate surface area is 94.7 Å². The Hall–Kier alpha value is -1.36. The summed E-state index contributed by atoms with van der Waals surface area (Å²) in [7, 11) is 0. The minimum atomic E-state index is -1.26. The van der Waals surface area contributed by atoms with Crippen molar-refractivity contribution in [1.82, 2.24) is 0 Å². The van der Waals surface area contributed by atoms with E-state index in [-0.39, 0.29) is 22.7 Å². The number of carboxylic acids is 1. The fourth-order valence-electron chi connectivity index (χ4n) is 1.22. The summed E-state index contributed by atoms with van der Waals surface area (Å²) in [5, 5.41) is 18.3. The first-order chi connectivity index (χ1) is 6.95. The largest absolute Gasteiger partial charge is 0.507 e. The number of aromatic carboxylic acids is 1. The molecule has 0 bridgehead atoms. The highest BCUT2D eigenvalue weighted by atomic mass is 79.9. The quantitative estimate of drug-likeness (QED) is 0.827. The number of hydrogen-bond donors (Lipinski definition) is 2. The third-order valence-corrected chi connectivity index (χ3v) is 3.06. The molecule has 0 aliphatic carbocycles. The van der Waals surface area contributed by atoms with Crippen LogP contribution in [-0.4, -0.2) is 22.0 Å². The van der Waals surface area contributed by atoms with Crippen molar-refractivity contribution in [3.8, 4) is 5.75 Å². The molecule has 0 fully saturated rings. The van der Waals surface area contributed by atoms with Crippen LogP contribution in [0.15, 0.2) is 18.2 Å². The number of Topliss-reactive ketones (excluding diaryl/α,β-unsaturated/α-hetero) is 1. The Balaban J connectivity index is 3.35. The van der Waals surface area contributed by atoms with Gasteiger partial charge in [-0.25, -0.2) is 4.79 Å². The molecule has 0 saturated carbocycles. The number of carbonyl (C=O) groups excluding carboxylic acids is 1. The summed E-state index contributed by atoms with van der Waals surface area (Å²) >= 11 is 3.08. The first-order valence-corrected chi connectivity index (χ1v) is 5.06. The summed E-state index contributed by atoms with van der Waals surface area (Å²) in [6.45, 7) is 1.34. The van der Waals surface area contributed by atoms with E-state index in [9.17, 15) is 14.7 Å². The number of halogens is 1. The van der Waals surface area contributed by atoms with Crippen molar-refractivity contribution in [2.24, 2.45) is 0 Å². The highest BCUT2D eigenvalue weighted by Gasteiger charge is 2.22. The molecule has 0 spiro atoms. The van der Waals surface area contributed by atoms with E-state index in [0.717, 1.165) is 0 Å². The van der Waals surface area contributed by atoms with Crippen molar-refractivity contribution in [1.29, 1.82) is 0 Å². The molecule has 1 unspecified atom stereocenters. The molecule has 15 heavy (non-hydrogen) atoms. The second-order valence-corrected chi connectivity index (χ2v) is 3.94. The van der Waals surface area contributed by atoms with Crippen LogP contribution < -0.4 is 0 Å². The molecule has 0 heterocycles. The average molecular weight is 273 g/mol. The summed E-state index contributed by atoms with van der Waals surface area (Å²) in [6, 6.07) is 4.26. The van der Waals surface area contributed by atoms with Gasteiger partial charge in [0.2, 0.25) is 0 Å². The lowest BCUT2D eigenvalue weighted by Gasteiger charge is -2.10. The topological polar surface area (TPSA) is 74.6 Å². The smallest absolute Gasteiger partial charge is 0.339 e. The van der Waals surface area contributed by atoms with Crippen molar-refractivity contribution in [2.45, 2.75) is 11.8 Å². The van der Waals surface area contributed by atoms with Gasteiger partial charge < -0.3 is 10.2 Å². The maximum atomic E-state index is 11.1. The third kappa shape index (κ3) is 2.36. The molecule has 5 heteroatoms. The van der Waals surface area contributed by atoms with Crippen molar-refractivity contribution in [2.75, 3.05) is 0 Å². The summed E-state index contributed by atoms with van der Waals surface area (Å²) in [5.74, 6) is -1.82. The van der Waals surface area contributed by atoms with Gasteiger partial charge in [-0.2, -0.15) is 0 Å². The summed E-state index contributed by atoms with van der Waals surface area (Å²) in [5.41, 5.74) is 0.0181. The van der Waals surface area contributed by atoms with Gasteiger partial charge in [0.1, 0.15) is 17.1 Å². The molecular formula is C10H9BrO4. The van der Waals surface area contributed by atoms with E-state index < -0.39 is 10.8 Å². The number of aromatic hydroxyl groups is 1. The predicted octanol–water partition coefficient (Wildman–Crippen LogP) is 2.12. The first-order valence-electron chi connectivity index (χ1n) is 4.15. The van der Waals surface area contributed by atoms with E-state index in [1.807, 2.05) is 0 Å². The van der Waals surface area contributed by atoms with Gasteiger partial charge in [0.25, 0.3) is 0 Å². The molecule has 0 radical (unpaired) electrons. The van der Waals surface area contributed by atoms with Crippen LogP contribution in [0, 0.1) is 0 Å². The van der Waals surface area contributed by atoms with Crippen molar-refractivity contribution in [3.63, 3.8) is 0 Å². The van der Waals surface area contributed by atoms with E-state index in [0.29, 0.717) is 0 Å². The highest BCUT2D eigenvalue weighted by Crippen LogP contribution is 2.31. The average Bonchev–Trinajstić information content (AvgIpc) is 2.15. The predicted molar refractivity (Wildman–Crippen MR) is 57.4 cm³/mol. The standard InChI is InChI=1S/C10H9BrO4/c1-5(12)9(11)6-3-2-4-7(13)8(6)10(14)15/h2-4,9,13H,1H3,(H,14,15). The zero-order chi connectivity index (χ0) is 11.6. The number of hydrogen-bond acceptors (Lipinski definition) is 3. The number of alkyl halides is 1. The van der Waals surface area contributed by atoms with Gasteiger partial charge in [-0.3, -0.25) is 4.79 Å². The van der Waals surface area contributed by atoms with Crippen LogP contribution in [0.2, 0.25) is 0 Å². The molecule has 2 N–H and O–H groups in total. The van der Waals surface area contributed by atoms with Gasteiger partial charge >= 0.3 is 5.97 Å². The van der Waals surface area contributed by atoms with E-state index in [2.05, 4.69) is 15.9 Å². The lowest BCUT2D eigenvalue weighted by Crippen LogP contribution is -2.09. The van der Waals surface area contributed by atoms with E-state index in [1.165, 1.54) is 25.1 Å². The Morgan fingerprint density at radius 3 is 2.47 bits per heavy atom. The van der Waals surface area contributed by atoms with Gasteiger partial charge in [-0.15, -0.1) is 0 Å². The molecular weight excluding hydrogens is 264 g/mol. The molecule has 0 aromatic heterocycles. The van der Waals surface area contributed by atoms with Gasteiger partial charge in [0.05, 0.1) is 4.83 Å². The maximum Gasteiger partial charge on any atom is 0.339 e. The SMILES string of the molecule is CC(=O)C(Br)c1cccc(O)c1C(=O)O. The molecule has 0 aliphatic rings. The number of ketones is 1. The second kappa shape index (κ2) is 4.44. The highest BCUT2D eigenvalue weighted by molar-refractivity contribution is 9.09. The van der Waals surface area contributed by atoms with Crippen molar-refractivity contribution in [3.05, 3.63) is 29.3 Å². The van der Waals surface area contributed by atoms with Crippen LogP contribution in [0.5, 0.6) is 5.75 Å². The minimum Gasteiger partial charge on any atom is -0.507 e. The fraction of sp³-hybridized carbons (Fsp3) is 0.200. The Kier molecular flexibility index (Phi) is 3.47. The van der Waals surface area contributed by atoms with Gasteiger partial charge in [0, 0.05) is 0 Å². The molecule has 1 rings (SSSR count). The lowest BCUT2D eigenvalue weighted by atomic mass is 10.0. The van der Waals surface area contributed by atoms with Crippen LogP contribution in [0.4, 0.5) is 0 Å². The minimum absolute atomic E-state index is 0.219. The summed E-state index contributed by atoms with van der Waals surface area (Å²) < 4.78 is 0. The number of carbonyl (C=O) groups is 2. The Bertz CT molecular complexity index is 414. The van der Waals surface area contributed by atoms with Gasteiger partial charge in [-0.1, -0.05) is 28.1 Å². The molecule has 0 aliphatic heterocycles. The number of carboxylic acid groups (broad SMARTS) is 1. The number of benzene rings is 1. The zero-order valence-corrected chi connectivity index (χ0v) is 9.48. The van der Waals surface area contributed by atoms with Gasteiger partial charge in [0.15, 0.2) is 0 Å². The molecule has 0 saturated heterocycles. The lowest BCUT2D eigenvalue weighted by molar-refractivity contribution is -0.116. The Morgan fingerprint density at radius 2 is 2.00 bits per heavy atom. The normalized spacial score (nSPS) is 12.1. The van der Waals surface area contributed by atoms with Gasteiger partial charge in [-0.05, 0) is 18.6 Å². The zero-order valence-electron chi connectivity index (χ0n) is 7.90. The maximum absolute atomic E-state index is 11.1. The fourth-order valence-corrected chi connectivity index (χ4v) is 1.60. The van der Waals surface area contributed by atoms with Crippen molar-refractivity contribution >= 4 is 27.7 Å². The summed E-state index contributed by atoms with van der Waals surface area (Å²) in [6.07, 6.45) is 0.